The van der Waals surface area contributed by atoms with E-state index in [1.165, 1.54) is 12.8 Å². The maximum Gasteiger partial charge on any atom is 0.145 e. The predicted octanol–water partition coefficient (Wildman–Crippen LogP) is 4.58. The number of nitrogens with zero attached hydrogens (tertiary/aromatic N) is 1. The summed E-state index contributed by atoms with van der Waals surface area (Å²) < 4.78 is 6.12. The van der Waals surface area contributed by atoms with Crippen LogP contribution in [0.1, 0.15) is 39.5 Å². The Kier molecular flexibility index (Phi) is 4.57. The van der Waals surface area contributed by atoms with Crippen molar-refractivity contribution >= 4 is 10.9 Å². The van der Waals surface area contributed by atoms with Gasteiger partial charge in [0.1, 0.15) is 11.3 Å². The third kappa shape index (κ3) is 3.00. The molecular weight excluding hydrogens is 222 g/mol. The third-order valence-corrected chi connectivity index (χ3v) is 3.22. The number of hydrogen-bond donors (Lipinski definition) is 0. The molecular formula is C16H21NO. The summed E-state index contributed by atoms with van der Waals surface area (Å²) in [7, 11) is 0. The van der Waals surface area contributed by atoms with E-state index < -0.39 is 0 Å². The maximum absolute atomic E-state index is 6.12. The molecule has 0 amide bonds. The van der Waals surface area contributed by atoms with Crippen molar-refractivity contribution in [3.63, 3.8) is 0 Å². The minimum atomic E-state index is 0.303. The summed E-state index contributed by atoms with van der Waals surface area (Å²) in [5.74, 6) is 0.913. The highest BCUT2D eigenvalue weighted by atomic mass is 16.5. The van der Waals surface area contributed by atoms with Crippen molar-refractivity contribution < 1.29 is 4.74 Å². The van der Waals surface area contributed by atoms with Crippen LogP contribution < -0.4 is 4.74 Å². The Bertz CT molecular complexity index is 490. The molecule has 2 rings (SSSR count). The maximum atomic E-state index is 6.12. The van der Waals surface area contributed by atoms with Gasteiger partial charge in [-0.3, -0.25) is 4.98 Å². The van der Waals surface area contributed by atoms with Crippen molar-refractivity contribution in [3.8, 4) is 5.75 Å². The minimum Gasteiger partial charge on any atom is -0.488 e. The molecule has 0 spiro atoms. The first-order chi connectivity index (χ1) is 8.85. The SMILES string of the molecule is CCCCC(CC)Oc1cccc2cccnc12. The van der Waals surface area contributed by atoms with E-state index in [0.29, 0.717) is 6.10 Å². The first-order valence-electron chi connectivity index (χ1n) is 6.85. The van der Waals surface area contributed by atoms with Gasteiger partial charge in [0.25, 0.3) is 0 Å². The Morgan fingerprint density at radius 1 is 1.17 bits per heavy atom. The van der Waals surface area contributed by atoms with E-state index in [1.54, 1.807) is 0 Å². The van der Waals surface area contributed by atoms with Crippen LogP contribution in [0.3, 0.4) is 0 Å². The number of fused-ring (bicyclic) bond motifs is 1. The average Bonchev–Trinajstić information content (AvgIpc) is 2.43. The number of rotatable bonds is 6. The molecule has 2 nitrogen and oxygen atoms in total. The molecule has 1 aromatic heterocycles. The Labute approximate surface area is 109 Å². The zero-order chi connectivity index (χ0) is 12.8. The van der Waals surface area contributed by atoms with Gasteiger partial charge in [0, 0.05) is 11.6 Å². The summed E-state index contributed by atoms with van der Waals surface area (Å²) in [6.07, 6.45) is 6.73. The molecule has 0 bridgehead atoms. The quantitative estimate of drug-likeness (QED) is 0.740. The third-order valence-electron chi connectivity index (χ3n) is 3.22. The van der Waals surface area contributed by atoms with Crippen LogP contribution in [-0.2, 0) is 0 Å². The lowest BCUT2D eigenvalue weighted by Gasteiger charge is -2.18. The molecule has 1 heterocycles. The fraction of sp³-hybridized carbons (Fsp3) is 0.438. The van der Waals surface area contributed by atoms with E-state index >= 15 is 0 Å². The Hall–Kier alpha value is -1.57. The first-order valence-corrected chi connectivity index (χ1v) is 6.85. The second kappa shape index (κ2) is 6.39. The summed E-state index contributed by atoms with van der Waals surface area (Å²) in [6, 6.07) is 10.2. The summed E-state index contributed by atoms with van der Waals surface area (Å²) in [6.45, 7) is 4.39. The van der Waals surface area contributed by atoms with Gasteiger partial charge in [-0.1, -0.05) is 44.9 Å². The van der Waals surface area contributed by atoms with E-state index in [0.717, 1.165) is 29.5 Å². The predicted molar refractivity (Wildman–Crippen MR) is 76.0 cm³/mol. The second-order valence-corrected chi connectivity index (χ2v) is 4.62. The number of para-hydroxylation sites is 1. The second-order valence-electron chi connectivity index (χ2n) is 4.62. The largest absolute Gasteiger partial charge is 0.488 e. The number of hydrogen-bond acceptors (Lipinski definition) is 2. The van der Waals surface area contributed by atoms with Crippen LogP contribution in [0.25, 0.3) is 10.9 Å². The van der Waals surface area contributed by atoms with Crippen LogP contribution >= 0.6 is 0 Å². The smallest absolute Gasteiger partial charge is 0.145 e. The van der Waals surface area contributed by atoms with Crippen molar-refractivity contribution in [1.29, 1.82) is 0 Å². The highest BCUT2D eigenvalue weighted by molar-refractivity contribution is 5.84. The van der Waals surface area contributed by atoms with Crippen LogP contribution in [0.5, 0.6) is 5.75 Å². The lowest BCUT2D eigenvalue weighted by Crippen LogP contribution is -2.15. The summed E-state index contributed by atoms with van der Waals surface area (Å²) in [5, 5.41) is 1.14. The van der Waals surface area contributed by atoms with Crippen LogP contribution in [0.4, 0.5) is 0 Å². The van der Waals surface area contributed by atoms with Gasteiger partial charge in [-0.2, -0.15) is 0 Å². The van der Waals surface area contributed by atoms with Crippen molar-refractivity contribution in [1.82, 2.24) is 4.98 Å². The van der Waals surface area contributed by atoms with E-state index in [4.69, 9.17) is 4.74 Å². The van der Waals surface area contributed by atoms with E-state index in [1.807, 2.05) is 24.4 Å². The lowest BCUT2D eigenvalue weighted by atomic mass is 10.1. The van der Waals surface area contributed by atoms with Crippen molar-refractivity contribution in [2.75, 3.05) is 0 Å². The molecule has 2 heteroatoms. The highest BCUT2D eigenvalue weighted by Gasteiger charge is 2.10. The summed E-state index contributed by atoms with van der Waals surface area (Å²) in [5.41, 5.74) is 0.968. The number of benzene rings is 1. The minimum absolute atomic E-state index is 0.303. The summed E-state index contributed by atoms with van der Waals surface area (Å²) in [4.78, 5) is 4.42. The Morgan fingerprint density at radius 3 is 2.78 bits per heavy atom. The number of aromatic nitrogens is 1. The molecule has 0 aliphatic carbocycles. The molecule has 0 aliphatic rings. The van der Waals surface area contributed by atoms with Crippen LogP contribution in [0.2, 0.25) is 0 Å². The fourth-order valence-electron chi connectivity index (χ4n) is 2.13. The molecule has 0 radical (unpaired) electrons. The lowest BCUT2D eigenvalue weighted by molar-refractivity contribution is 0.185. The highest BCUT2D eigenvalue weighted by Crippen LogP contribution is 2.25. The summed E-state index contributed by atoms with van der Waals surface area (Å²) >= 11 is 0. The molecule has 2 aromatic rings. The molecule has 18 heavy (non-hydrogen) atoms. The molecule has 1 atom stereocenters. The van der Waals surface area contributed by atoms with Gasteiger partial charge in [0.05, 0.1) is 6.10 Å². The molecule has 0 fully saturated rings. The average molecular weight is 243 g/mol. The Balaban J connectivity index is 2.19. The number of pyridine rings is 1. The van der Waals surface area contributed by atoms with Crippen LogP contribution in [-0.4, -0.2) is 11.1 Å². The first kappa shape index (κ1) is 12.9. The normalized spacial score (nSPS) is 12.6. The zero-order valence-electron chi connectivity index (χ0n) is 11.2. The molecule has 96 valence electrons. The van der Waals surface area contributed by atoms with Crippen molar-refractivity contribution in [2.45, 2.75) is 45.6 Å². The fourth-order valence-corrected chi connectivity index (χ4v) is 2.13. The van der Waals surface area contributed by atoms with Crippen LogP contribution in [0, 0.1) is 0 Å². The standard InChI is InChI=1S/C16H21NO/c1-3-5-10-14(4-2)18-15-11-6-8-13-9-7-12-17-16(13)15/h6-9,11-12,14H,3-5,10H2,1-2H3. The van der Waals surface area contributed by atoms with Gasteiger partial charge < -0.3 is 4.74 Å². The molecule has 0 aliphatic heterocycles. The molecule has 0 saturated carbocycles. The zero-order valence-corrected chi connectivity index (χ0v) is 11.2. The van der Waals surface area contributed by atoms with Gasteiger partial charge in [-0.15, -0.1) is 0 Å². The van der Waals surface area contributed by atoms with Gasteiger partial charge in [-0.05, 0) is 25.0 Å². The molecule has 1 unspecified atom stereocenters. The van der Waals surface area contributed by atoms with Gasteiger partial charge >= 0.3 is 0 Å². The monoisotopic (exact) mass is 243 g/mol. The Morgan fingerprint density at radius 2 is 2.00 bits per heavy atom. The van der Waals surface area contributed by atoms with Gasteiger partial charge in [0.15, 0.2) is 0 Å². The van der Waals surface area contributed by atoms with Gasteiger partial charge in [0.2, 0.25) is 0 Å². The van der Waals surface area contributed by atoms with Gasteiger partial charge in [-0.25, -0.2) is 0 Å². The van der Waals surface area contributed by atoms with E-state index in [-0.39, 0.29) is 0 Å². The van der Waals surface area contributed by atoms with Crippen molar-refractivity contribution in [2.24, 2.45) is 0 Å². The van der Waals surface area contributed by atoms with Crippen molar-refractivity contribution in [3.05, 3.63) is 36.5 Å². The number of ether oxygens (including phenoxy) is 1. The molecule has 0 saturated heterocycles. The topological polar surface area (TPSA) is 22.1 Å². The van der Waals surface area contributed by atoms with Crippen LogP contribution in [0.15, 0.2) is 36.5 Å². The van der Waals surface area contributed by atoms with E-state index in [9.17, 15) is 0 Å². The molecule has 0 N–H and O–H groups in total. The number of unbranched alkanes of at least 4 members (excludes halogenated alkanes) is 1. The molecule has 1 aromatic carbocycles. The van der Waals surface area contributed by atoms with E-state index in [2.05, 4.69) is 31.0 Å².